The van der Waals surface area contributed by atoms with Gasteiger partial charge in [0.1, 0.15) is 0 Å². The molecule has 0 aliphatic heterocycles. The molecule has 0 spiro atoms. The Kier molecular flexibility index (Phi) is 9.00. The first-order valence-corrected chi connectivity index (χ1v) is 12.4. The van der Waals surface area contributed by atoms with Crippen LogP contribution in [-0.2, 0) is 23.1 Å². The van der Waals surface area contributed by atoms with Crippen molar-refractivity contribution in [3.8, 4) is 6.07 Å². The van der Waals surface area contributed by atoms with Crippen molar-refractivity contribution < 1.29 is 13.2 Å². The smallest absolute Gasteiger partial charge is 0.251 e. The van der Waals surface area contributed by atoms with E-state index in [9.17, 15) is 13.2 Å². The van der Waals surface area contributed by atoms with Gasteiger partial charge in [0.2, 0.25) is 10.0 Å². The Labute approximate surface area is 211 Å². The number of rotatable bonds is 11. The van der Waals surface area contributed by atoms with Crippen molar-refractivity contribution in [2.45, 2.75) is 18.0 Å². The van der Waals surface area contributed by atoms with Crippen molar-refractivity contribution in [2.24, 2.45) is 4.99 Å². The maximum Gasteiger partial charge on any atom is 0.251 e. The van der Waals surface area contributed by atoms with E-state index in [0.29, 0.717) is 28.1 Å². The number of nitriles is 1. The molecule has 36 heavy (non-hydrogen) atoms. The Balaban J connectivity index is 1.81. The summed E-state index contributed by atoms with van der Waals surface area (Å²) in [7, 11) is -3.90. The molecule has 3 rings (SSSR count). The average molecular weight is 500 g/mol. The summed E-state index contributed by atoms with van der Waals surface area (Å²) in [4.78, 5) is 20.6. The minimum Gasteiger partial charge on any atom is -0.346 e. The monoisotopic (exact) mass is 499 g/mol. The zero-order valence-electron chi connectivity index (χ0n) is 19.5. The van der Waals surface area contributed by atoms with Gasteiger partial charge in [0.15, 0.2) is 0 Å². The lowest BCUT2D eigenvalue weighted by atomic mass is 10.1. The number of nitrogens with one attached hydrogen (secondary N) is 1. The molecule has 2 aromatic carbocycles. The number of pyridine rings is 1. The summed E-state index contributed by atoms with van der Waals surface area (Å²) in [6.07, 6.45) is 4.82. The molecule has 3 aromatic rings. The molecule has 0 saturated heterocycles. The quantitative estimate of drug-likeness (QED) is 0.318. The molecule has 0 saturated carbocycles. The minimum absolute atomic E-state index is 0.0539. The molecular formula is C27H25N5O3S. The first kappa shape index (κ1) is 26.2. The molecule has 0 unspecified atom stereocenters. The van der Waals surface area contributed by atoms with Crippen LogP contribution in [0.4, 0.5) is 0 Å². The maximum absolute atomic E-state index is 13.5. The first-order valence-electron chi connectivity index (χ1n) is 10.9. The van der Waals surface area contributed by atoms with Crippen LogP contribution in [0.3, 0.4) is 0 Å². The van der Waals surface area contributed by atoms with Crippen molar-refractivity contribution >= 4 is 22.6 Å². The van der Waals surface area contributed by atoms with E-state index in [1.165, 1.54) is 28.6 Å². The van der Waals surface area contributed by atoms with Gasteiger partial charge < -0.3 is 5.32 Å². The molecule has 1 N–H and O–H groups in total. The number of sulfonamides is 1. The van der Waals surface area contributed by atoms with Crippen LogP contribution in [0.25, 0.3) is 0 Å². The SMILES string of the molecule is C=C/C=C(/CNC(=O)c1ccc(CN(Cc2ccccn2)S(=O)(=O)c2ccc(C#N)cc2)cc1)N=C. The third kappa shape index (κ3) is 6.82. The molecule has 9 heteroatoms. The summed E-state index contributed by atoms with van der Waals surface area (Å²) in [6.45, 7) is 7.38. The normalized spacial score (nSPS) is 11.5. The highest BCUT2D eigenvalue weighted by Crippen LogP contribution is 2.21. The summed E-state index contributed by atoms with van der Waals surface area (Å²) >= 11 is 0. The molecule has 0 fully saturated rings. The molecule has 0 bridgehead atoms. The molecule has 1 amide bonds. The van der Waals surface area contributed by atoms with E-state index in [1.54, 1.807) is 60.8 Å². The largest absolute Gasteiger partial charge is 0.346 e. The van der Waals surface area contributed by atoms with Gasteiger partial charge in [-0.15, -0.1) is 0 Å². The van der Waals surface area contributed by atoms with Gasteiger partial charge in [-0.3, -0.25) is 14.8 Å². The fraction of sp³-hybridized carbons (Fsp3) is 0.111. The standard InChI is InChI=1S/C27H25N5O3S/c1-3-6-24(29-2)18-31-27(33)23-12-8-22(9-13-23)19-32(20-25-7-4-5-16-30-25)36(34,35)26-14-10-21(17-28)11-15-26/h3-16H,1-2,18-20H2,(H,31,33)/b24-6-. The number of aromatic nitrogens is 1. The number of carbonyl (C=O) groups excluding carboxylic acids is 1. The van der Waals surface area contributed by atoms with Crippen LogP contribution in [0.15, 0.2) is 107 Å². The number of allylic oxidation sites excluding steroid dienone is 2. The van der Waals surface area contributed by atoms with Crippen LogP contribution in [0.2, 0.25) is 0 Å². The highest BCUT2D eigenvalue weighted by atomic mass is 32.2. The summed E-state index contributed by atoms with van der Waals surface area (Å²) in [5.41, 5.74) is 2.65. The summed E-state index contributed by atoms with van der Waals surface area (Å²) < 4.78 is 28.3. The van der Waals surface area contributed by atoms with Gasteiger partial charge in [-0.2, -0.15) is 9.57 Å². The Bertz CT molecular complexity index is 1390. The third-order valence-corrected chi connectivity index (χ3v) is 7.01. The predicted octanol–water partition coefficient (Wildman–Crippen LogP) is 3.84. The lowest BCUT2D eigenvalue weighted by molar-refractivity contribution is 0.0957. The zero-order valence-corrected chi connectivity index (χ0v) is 20.4. The van der Waals surface area contributed by atoms with Gasteiger partial charge in [0, 0.05) is 18.3 Å². The molecular weight excluding hydrogens is 474 g/mol. The van der Waals surface area contributed by atoms with Crippen LogP contribution in [0.1, 0.15) is 27.2 Å². The molecule has 1 heterocycles. The van der Waals surface area contributed by atoms with Crippen molar-refractivity contribution in [1.29, 1.82) is 5.26 Å². The van der Waals surface area contributed by atoms with Crippen LogP contribution in [0.5, 0.6) is 0 Å². The van der Waals surface area contributed by atoms with Gasteiger partial charge in [-0.05, 0) is 66.9 Å². The lowest BCUT2D eigenvalue weighted by Crippen LogP contribution is -2.30. The summed E-state index contributed by atoms with van der Waals surface area (Å²) in [5, 5.41) is 11.8. The highest BCUT2D eigenvalue weighted by Gasteiger charge is 2.25. The number of benzene rings is 2. The van der Waals surface area contributed by atoms with Gasteiger partial charge in [-0.1, -0.05) is 30.9 Å². The van der Waals surface area contributed by atoms with Gasteiger partial charge >= 0.3 is 0 Å². The van der Waals surface area contributed by atoms with E-state index >= 15 is 0 Å². The maximum atomic E-state index is 13.5. The second-order valence-corrected chi connectivity index (χ2v) is 9.60. The fourth-order valence-electron chi connectivity index (χ4n) is 3.29. The minimum atomic E-state index is -3.90. The Morgan fingerprint density at radius 1 is 1.08 bits per heavy atom. The number of hydrogen-bond donors (Lipinski definition) is 1. The molecule has 0 aliphatic rings. The van der Waals surface area contributed by atoms with Gasteiger partial charge in [0.25, 0.3) is 5.91 Å². The summed E-state index contributed by atoms with van der Waals surface area (Å²) in [5.74, 6) is -0.296. The number of hydrogen-bond acceptors (Lipinski definition) is 6. The molecule has 1 aromatic heterocycles. The van der Waals surface area contributed by atoms with Gasteiger partial charge in [-0.25, -0.2) is 8.42 Å². The Morgan fingerprint density at radius 2 is 1.81 bits per heavy atom. The van der Waals surface area contributed by atoms with Crippen LogP contribution in [-0.4, -0.2) is 36.9 Å². The Hall–Kier alpha value is -4.39. The third-order valence-electron chi connectivity index (χ3n) is 5.20. The highest BCUT2D eigenvalue weighted by molar-refractivity contribution is 7.89. The van der Waals surface area contributed by atoms with Gasteiger partial charge in [0.05, 0.1) is 41.0 Å². The lowest BCUT2D eigenvalue weighted by Gasteiger charge is -2.22. The van der Waals surface area contributed by atoms with E-state index in [0.717, 1.165) is 0 Å². The summed E-state index contributed by atoms with van der Waals surface area (Å²) in [6, 6.07) is 19.7. The van der Waals surface area contributed by atoms with E-state index in [-0.39, 0.29) is 30.4 Å². The number of carbonyl (C=O) groups is 1. The Morgan fingerprint density at radius 3 is 2.39 bits per heavy atom. The molecule has 0 radical (unpaired) electrons. The fourth-order valence-corrected chi connectivity index (χ4v) is 4.69. The van der Waals surface area contributed by atoms with Crippen LogP contribution in [0, 0.1) is 11.3 Å². The average Bonchev–Trinajstić information content (AvgIpc) is 2.91. The molecule has 0 atom stereocenters. The van der Waals surface area contributed by atoms with Crippen LogP contribution < -0.4 is 5.32 Å². The van der Waals surface area contributed by atoms with Crippen LogP contribution >= 0.6 is 0 Å². The van der Waals surface area contributed by atoms with E-state index in [2.05, 4.69) is 28.6 Å². The van der Waals surface area contributed by atoms with E-state index in [1.807, 2.05) is 6.07 Å². The van der Waals surface area contributed by atoms with Crippen molar-refractivity contribution in [1.82, 2.24) is 14.6 Å². The topological polar surface area (TPSA) is 116 Å². The zero-order chi connectivity index (χ0) is 26.0. The molecule has 8 nitrogen and oxygen atoms in total. The second kappa shape index (κ2) is 12.4. The van der Waals surface area contributed by atoms with Crippen molar-refractivity contribution in [3.05, 3.63) is 120 Å². The first-order chi connectivity index (χ1) is 17.4. The number of nitrogens with zero attached hydrogens (tertiary/aromatic N) is 4. The molecule has 182 valence electrons. The van der Waals surface area contributed by atoms with Crippen molar-refractivity contribution in [2.75, 3.05) is 6.54 Å². The number of amides is 1. The molecule has 0 aliphatic carbocycles. The van der Waals surface area contributed by atoms with E-state index in [4.69, 9.17) is 5.26 Å². The second-order valence-electron chi connectivity index (χ2n) is 7.66. The van der Waals surface area contributed by atoms with Crippen molar-refractivity contribution in [3.63, 3.8) is 0 Å². The predicted molar refractivity (Wildman–Crippen MR) is 138 cm³/mol. The number of aliphatic imine (C=N–C) groups is 1. The van der Waals surface area contributed by atoms with E-state index < -0.39 is 10.0 Å².